The fraction of sp³-hybridized carbons (Fsp3) is 0.676. The zero-order valence-electron chi connectivity index (χ0n) is 26.6. The van der Waals surface area contributed by atoms with Gasteiger partial charge >= 0.3 is 5.97 Å². The quantitative estimate of drug-likeness (QED) is 0.0597. The number of carbonyl (C=O) groups is 1. The van der Waals surface area contributed by atoms with Crippen LogP contribution in [0.15, 0.2) is 49.6 Å². The lowest BCUT2D eigenvalue weighted by Gasteiger charge is -2.38. The van der Waals surface area contributed by atoms with Crippen LogP contribution >= 0.6 is 0 Å². The van der Waals surface area contributed by atoms with E-state index >= 15 is 0 Å². The first-order valence-electron chi connectivity index (χ1n) is 15.3. The van der Waals surface area contributed by atoms with Crippen LogP contribution in [0.4, 0.5) is 0 Å². The van der Waals surface area contributed by atoms with Gasteiger partial charge in [-0.05, 0) is 61.5 Å². The van der Waals surface area contributed by atoms with Crippen molar-refractivity contribution in [3.05, 3.63) is 55.1 Å². The molecule has 40 heavy (non-hydrogen) atoms. The lowest BCUT2D eigenvalue weighted by Crippen LogP contribution is -2.44. The Morgan fingerprint density at radius 1 is 0.900 bits per heavy atom. The highest BCUT2D eigenvalue weighted by molar-refractivity contribution is 6.74. The standard InChI is InChI=1S/C34H58O5Si/c1-10-13-14-15-16-17-18-19-32(38-33(35)26-30(12-3)39-40(8,9)34(4,5)6)25-24-29(11-2)37-27-28-20-22-31(36-7)23-21-28/h11-12,20-23,29-30,32H,2-3,10,13-19,24-27H2,1,4-9H3/t29-,30+,32+/m0/s1. The first-order chi connectivity index (χ1) is 18.9. The number of hydrogen-bond acceptors (Lipinski definition) is 5. The highest BCUT2D eigenvalue weighted by Crippen LogP contribution is 2.37. The van der Waals surface area contributed by atoms with Gasteiger partial charge in [-0.25, -0.2) is 0 Å². The second-order valence-electron chi connectivity index (χ2n) is 12.4. The molecule has 6 heteroatoms. The van der Waals surface area contributed by atoms with Crippen LogP contribution in [0.1, 0.15) is 104 Å². The van der Waals surface area contributed by atoms with Crippen LogP contribution in [0.3, 0.4) is 0 Å². The maximum Gasteiger partial charge on any atom is 0.308 e. The molecular formula is C34H58O5Si. The second kappa shape index (κ2) is 19.3. The van der Waals surface area contributed by atoms with Crippen molar-refractivity contribution in [2.24, 2.45) is 0 Å². The Labute approximate surface area is 246 Å². The normalized spacial score (nSPS) is 14.3. The smallest absolute Gasteiger partial charge is 0.308 e. The molecule has 1 rings (SSSR count). The van der Waals surface area contributed by atoms with Gasteiger partial charge < -0.3 is 18.6 Å². The third-order valence-corrected chi connectivity index (χ3v) is 12.5. The van der Waals surface area contributed by atoms with Crippen molar-refractivity contribution in [3.8, 4) is 5.75 Å². The SMILES string of the molecule is C=C[C@H](CC(=O)O[C@H](CCCCCCCCC)CC[C@H](C=C)OCc1ccc(OC)cc1)O[Si](C)(C)C(C)(C)C. The minimum Gasteiger partial charge on any atom is -0.497 e. The molecule has 0 aromatic heterocycles. The van der Waals surface area contributed by atoms with Crippen LogP contribution in [-0.4, -0.2) is 39.7 Å². The van der Waals surface area contributed by atoms with Crippen LogP contribution in [-0.2, 0) is 25.3 Å². The summed E-state index contributed by atoms with van der Waals surface area (Å²) in [6, 6.07) is 7.88. The molecule has 0 heterocycles. The van der Waals surface area contributed by atoms with E-state index in [2.05, 4.69) is 53.9 Å². The van der Waals surface area contributed by atoms with Crippen molar-refractivity contribution in [2.75, 3.05) is 7.11 Å². The van der Waals surface area contributed by atoms with E-state index in [0.717, 1.165) is 37.0 Å². The number of unbranched alkanes of at least 4 members (excludes halogenated alkanes) is 6. The summed E-state index contributed by atoms with van der Waals surface area (Å²) in [7, 11) is -0.366. The number of methoxy groups -OCH3 is 1. The Hall–Kier alpha value is -1.89. The van der Waals surface area contributed by atoms with E-state index < -0.39 is 8.32 Å². The minimum atomic E-state index is -2.03. The fourth-order valence-electron chi connectivity index (χ4n) is 4.26. The van der Waals surface area contributed by atoms with Crippen molar-refractivity contribution >= 4 is 14.3 Å². The van der Waals surface area contributed by atoms with Crippen LogP contribution in [0.2, 0.25) is 18.1 Å². The molecule has 0 saturated carbocycles. The molecule has 1 aromatic carbocycles. The summed E-state index contributed by atoms with van der Waals surface area (Å²) < 4.78 is 23.9. The van der Waals surface area contributed by atoms with Gasteiger partial charge in [-0.3, -0.25) is 4.79 Å². The van der Waals surface area contributed by atoms with E-state index in [9.17, 15) is 4.79 Å². The zero-order chi connectivity index (χ0) is 30.0. The molecule has 1 aromatic rings. The first-order valence-corrected chi connectivity index (χ1v) is 18.2. The van der Waals surface area contributed by atoms with E-state index in [-0.39, 0.29) is 35.7 Å². The molecule has 0 aliphatic heterocycles. The summed E-state index contributed by atoms with van der Waals surface area (Å²) in [5.41, 5.74) is 1.08. The molecule has 0 spiro atoms. The van der Waals surface area contributed by atoms with Gasteiger partial charge in [0.2, 0.25) is 0 Å². The molecule has 0 N–H and O–H groups in total. The van der Waals surface area contributed by atoms with Gasteiger partial charge in [-0.15, -0.1) is 13.2 Å². The molecule has 0 radical (unpaired) electrons. The predicted octanol–water partition coefficient (Wildman–Crippen LogP) is 9.57. The lowest BCUT2D eigenvalue weighted by atomic mass is 10.0. The summed E-state index contributed by atoms with van der Waals surface area (Å²) in [5.74, 6) is 0.610. The summed E-state index contributed by atoms with van der Waals surface area (Å²) in [4.78, 5) is 13.0. The van der Waals surface area contributed by atoms with Gasteiger partial charge in [-0.1, -0.05) is 90.5 Å². The van der Waals surface area contributed by atoms with Gasteiger partial charge in [0, 0.05) is 0 Å². The van der Waals surface area contributed by atoms with Crippen LogP contribution in [0.5, 0.6) is 5.75 Å². The van der Waals surface area contributed by atoms with E-state index in [1.165, 1.54) is 38.5 Å². The van der Waals surface area contributed by atoms with Gasteiger partial charge in [-0.2, -0.15) is 0 Å². The number of benzene rings is 1. The molecule has 0 fully saturated rings. The van der Waals surface area contributed by atoms with Gasteiger partial charge in [0.15, 0.2) is 8.32 Å². The minimum absolute atomic E-state index is 0.0589. The average molecular weight is 575 g/mol. The Balaban J connectivity index is 2.71. The van der Waals surface area contributed by atoms with Gasteiger partial charge in [0.1, 0.15) is 11.9 Å². The molecule has 228 valence electrons. The Morgan fingerprint density at radius 3 is 2.05 bits per heavy atom. The monoisotopic (exact) mass is 574 g/mol. The molecule has 5 nitrogen and oxygen atoms in total. The molecule has 0 aliphatic carbocycles. The third kappa shape index (κ3) is 14.7. The Morgan fingerprint density at radius 2 is 1.50 bits per heavy atom. The summed E-state index contributed by atoms with van der Waals surface area (Å²) in [6.45, 7) is 21.6. The second-order valence-corrected chi connectivity index (χ2v) is 17.1. The van der Waals surface area contributed by atoms with E-state index in [1.54, 1.807) is 13.2 Å². The molecule has 3 atom stereocenters. The van der Waals surface area contributed by atoms with Crippen LogP contribution in [0.25, 0.3) is 0 Å². The molecule has 0 amide bonds. The average Bonchev–Trinajstić information content (AvgIpc) is 2.91. The number of carbonyl (C=O) groups excluding carboxylic acids is 1. The van der Waals surface area contributed by atoms with Crippen LogP contribution < -0.4 is 4.74 Å². The first kappa shape index (κ1) is 36.1. The fourth-order valence-corrected chi connectivity index (χ4v) is 5.55. The molecule has 0 saturated heterocycles. The third-order valence-electron chi connectivity index (χ3n) is 7.97. The zero-order valence-corrected chi connectivity index (χ0v) is 27.6. The van der Waals surface area contributed by atoms with Gasteiger partial charge in [0.25, 0.3) is 0 Å². The van der Waals surface area contributed by atoms with E-state index in [4.69, 9.17) is 18.6 Å². The summed E-state index contributed by atoms with van der Waals surface area (Å²) in [6.07, 6.45) is 14.2. The van der Waals surface area contributed by atoms with Crippen LogP contribution in [0, 0.1) is 0 Å². The van der Waals surface area contributed by atoms with E-state index in [0.29, 0.717) is 6.61 Å². The van der Waals surface area contributed by atoms with Gasteiger partial charge in [0.05, 0.1) is 32.3 Å². The summed E-state index contributed by atoms with van der Waals surface area (Å²) in [5, 5.41) is 0.0589. The van der Waals surface area contributed by atoms with Crippen molar-refractivity contribution in [1.29, 1.82) is 0 Å². The maximum absolute atomic E-state index is 13.0. The molecule has 0 aliphatic rings. The highest BCUT2D eigenvalue weighted by atomic mass is 28.4. The molecule has 0 unspecified atom stereocenters. The van der Waals surface area contributed by atoms with Crippen molar-refractivity contribution in [1.82, 2.24) is 0 Å². The van der Waals surface area contributed by atoms with E-state index in [1.807, 2.05) is 30.3 Å². The Bertz CT molecular complexity index is 843. The number of esters is 1. The summed E-state index contributed by atoms with van der Waals surface area (Å²) >= 11 is 0. The van der Waals surface area contributed by atoms with Crippen molar-refractivity contribution in [2.45, 2.75) is 141 Å². The topological polar surface area (TPSA) is 54.0 Å². The van der Waals surface area contributed by atoms with Crippen molar-refractivity contribution in [3.63, 3.8) is 0 Å². The van der Waals surface area contributed by atoms with Crippen molar-refractivity contribution < 1.29 is 23.4 Å². The maximum atomic E-state index is 13.0. The largest absolute Gasteiger partial charge is 0.497 e. The number of ether oxygens (including phenoxy) is 3. The Kier molecular flexibility index (Phi) is 17.4. The highest BCUT2D eigenvalue weighted by Gasteiger charge is 2.39. The molecule has 0 bridgehead atoms. The number of rotatable bonds is 22. The molecular weight excluding hydrogens is 516 g/mol. The number of hydrogen-bond donors (Lipinski definition) is 0. The lowest BCUT2D eigenvalue weighted by molar-refractivity contribution is -0.151. The predicted molar refractivity (Wildman–Crippen MR) is 170 cm³/mol.